The summed E-state index contributed by atoms with van der Waals surface area (Å²) < 4.78 is 5.51. The summed E-state index contributed by atoms with van der Waals surface area (Å²) in [5, 5.41) is 0. The van der Waals surface area contributed by atoms with Crippen LogP contribution < -0.4 is 0 Å². The zero-order valence-corrected chi connectivity index (χ0v) is 13.8. The average Bonchev–Trinajstić information content (AvgIpc) is 2.43. The molecule has 21 heavy (non-hydrogen) atoms. The fourth-order valence-corrected chi connectivity index (χ4v) is 2.07. The molecule has 1 atom stereocenters. The van der Waals surface area contributed by atoms with Crippen LogP contribution in [0.4, 0.5) is 0 Å². The van der Waals surface area contributed by atoms with E-state index < -0.39 is 0 Å². The second-order valence-electron chi connectivity index (χ2n) is 6.09. The van der Waals surface area contributed by atoms with Crippen molar-refractivity contribution in [3.63, 3.8) is 0 Å². The van der Waals surface area contributed by atoms with Crippen LogP contribution in [0.3, 0.4) is 0 Å². The van der Waals surface area contributed by atoms with Gasteiger partial charge in [0.15, 0.2) is 5.78 Å². The molecule has 0 radical (unpaired) electrons. The highest BCUT2D eigenvalue weighted by molar-refractivity contribution is 5.97. The minimum Gasteiger partial charge on any atom is -0.373 e. The Bertz CT molecular complexity index is 453. The molecule has 0 saturated heterocycles. The molecule has 0 fully saturated rings. The SMILES string of the molecule is CC(C)=CCCC(C)CCOCC(=O)c1ccc(C)cc1. The van der Waals surface area contributed by atoms with Crippen molar-refractivity contribution in [3.8, 4) is 0 Å². The molecule has 0 spiro atoms. The summed E-state index contributed by atoms with van der Waals surface area (Å²) in [5.74, 6) is 0.697. The van der Waals surface area contributed by atoms with Crippen molar-refractivity contribution in [1.29, 1.82) is 0 Å². The summed E-state index contributed by atoms with van der Waals surface area (Å²) in [7, 11) is 0. The summed E-state index contributed by atoms with van der Waals surface area (Å²) >= 11 is 0. The van der Waals surface area contributed by atoms with Crippen molar-refractivity contribution >= 4 is 5.78 Å². The van der Waals surface area contributed by atoms with E-state index in [-0.39, 0.29) is 12.4 Å². The van der Waals surface area contributed by atoms with Gasteiger partial charge in [-0.25, -0.2) is 0 Å². The number of aryl methyl sites for hydroxylation is 1. The summed E-state index contributed by atoms with van der Waals surface area (Å²) in [4.78, 5) is 11.9. The molecule has 116 valence electrons. The fraction of sp³-hybridized carbons (Fsp3) is 0.526. The topological polar surface area (TPSA) is 26.3 Å². The van der Waals surface area contributed by atoms with Crippen LogP contribution in [0.1, 0.15) is 56.0 Å². The van der Waals surface area contributed by atoms with E-state index in [9.17, 15) is 4.79 Å². The zero-order valence-electron chi connectivity index (χ0n) is 13.8. The largest absolute Gasteiger partial charge is 0.373 e. The van der Waals surface area contributed by atoms with Crippen LogP contribution in [-0.2, 0) is 4.74 Å². The predicted octanol–water partition coefficient (Wildman–Crippen LogP) is 4.97. The summed E-state index contributed by atoms with van der Waals surface area (Å²) in [6.07, 6.45) is 5.60. The van der Waals surface area contributed by atoms with Crippen molar-refractivity contribution in [2.45, 2.75) is 47.0 Å². The van der Waals surface area contributed by atoms with E-state index in [0.717, 1.165) is 24.0 Å². The first-order valence-corrected chi connectivity index (χ1v) is 7.80. The molecule has 0 bridgehead atoms. The predicted molar refractivity (Wildman–Crippen MR) is 88.8 cm³/mol. The van der Waals surface area contributed by atoms with Gasteiger partial charge in [0, 0.05) is 12.2 Å². The summed E-state index contributed by atoms with van der Waals surface area (Å²) in [6, 6.07) is 7.64. The maximum absolute atomic E-state index is 11.9. The molecule has 1 unspecified atom stereocenters. The van der Waals surface area contributed by atoms with E-state index >= 15 is 0 Å². The summed E-state index contributed by atoms with van der Waals surface area (Å²) in [6.45, 7) is 9.36. The Morgan fingerprint density at radius 3 is 2.48 bits per heavy atom. The highest BCUT2D eigenvalue weighted by atomic mass is 16.5. The van der Waals surface area contributed by atoms with Gasteiger partial charge in [0.05, 0.1) is 0 Å². The summed E-state index contributed by atoms with van der Waals surface area (Å²) in [5.41, 5.74) is 3.28. The number of hydrogen-bond donors (Lipinski definition) is 0. The van der Waals surface area contributed by atoms with E-state index in [0.29, 0.717) is 12.5 Å². The normalized spacial score (nSPS) is 12.0. The van der Waals surface area contributed by atoms with E-state index in [4.69, 9.17) is 4.74 Å². The molecule has 0 N–H and O–H groups in total. The van der Waals surface area contributed by atoms with Gasteiger partial charge in [-0.05, 0) is 46.0 Å². The number of ketones is 1. The first-order chi connectivity index (χ1) is 9.99. The van der Waals surface area contributed by atoms with Crippen LogP contribution in [0.25, 0.3) is 0 Å². The molecule has 0 aliphatic carbocycles. The smallest absolute Gasteiger partial charge is 0.188 e. The molecule has 0 aliphatic heterocycles. The minimum atomic E-state index is 0.0622. The van der Waals surface area contributed by atoms with Crippen molar-refractivity contribution in [2.24, 2.45) is 5.92 Å². The third kappa shape index (κ3) is 7.81. The number of hydrogen-bond acceptors (Lipinski definition) is 2. The molecule has 2 nitrogen and oxygen atoms in total. The van der Waals surface area contributed by atoms with Crippen LogP contribution >= 0.6 is 0 Å². The Kier molecular flexibility index (Phi) is 7.99. The monoisotopic (exact) mass is 288 g/mol. The van der Waals surface area contributed by atoms with Gasteiger partial charge in [-0.1, -0.05) is 48.4 Å². The number of allylic oxidation sites excluding steroid dienone is 2. The van der Waals surface area contributed by atoms with Gasteiger partial charge in [0.25, 0.3) is 0 Å². The lowest BCUT2D eigenvalue weighted by molar-refractivity contribution is 0.0734. The number of carbonyl (C=O) groups is 1. The van der Waals surface area contributed by atoms with Crippen molar-refractivity contribution in [1.82, 2.24) is 0 Å². The minimum absolute atomic E-state index is 0.0622. The number of Topliss-reactive ketones (excluding diaryl/α,β-unsaturated/α-hetero) is 1. The highest BCUT2D eigenvalue weighted by Gasteiger charge is 2.06. The third-order valence-electron chi connectivity index (χ3n) is 3.57. The molecular weight excluding hydrogens is 260 g/mol. The van der Waals surface area contributed by atoms with Gasteiger partial charge in [0.2, 0.25) is 0 Å². The average molecular weight is 288 g/mol. The second kappa shape index (κ2) is 9.51. The van der Waals surface area contributed by atoms with Gasteiger partial charge in [-0.3, -0.25) is 4.79 Å². The van der Waals surface area contributed by atoms with Crippen molar-refractivity contribution in [2.75, 3.05) is 13.2 Å². The van der Waals surface area contributed by atoms with E-state index in [2.05, 4.69) is 26.8 Å². The maximum Gasteiger partial charge on any atom is 0.188 e. The second-order valence-corrected chi connectivity index (χ2v) is 6.09. The van der Waals surface area contributed by atoms with Crippen LogP contribution in [0.15, 0.2) is 35.9 Å². The Morgan fingerprint density at radius 2 is 1.86 bits per heavy atom. The Balaban J connectivity index is 2.17. The van der Waals surface area contributed by atoms with Gasteiger partial charge in [-0.15, -0.1) is 0 Å². The lowest BCUT2D eigenvalue weighted by Gasteiger charge is -2.10. The van der Waals surface area contributed by atoms with E-state index in [1.165, 1.54) is 12.0 Å². The van der Waals surface area contributed by atoms with Gasteiger partial charge in [0.1, 0.15) is 6.61 Å². The molecule has 0 amide bonds. The molecular formula is C19H28O2. The van der Waals surface area contributed by atoms with Crippen molar-refractivity contribution in [3.05, 3.63) is 47.0 Å². The number of benzene rings is 1. The standard InChI is InChI=1S/C19H28O2/c1-15(2)6-5-7-16(3)12-13-21-14-19(20)18-10-8-17(4)9-11-18/h6,8-11,16H,5,7,12-14H2,1-4H3. The molecule has 0 aromatic heterocycles. The number of ether oxygens (including phenoxy) is 1. The molecule has 0 heterocycles. The van der Waals surface area contributed by atoms with Crippen LogP contribution in [0.2, 0.25) is 0 Å². The molecule has 1 aromatic carbocycles. The maximum atomic E-state index is 11.9. The van der Waals surface area contributed by atoms with Crippen LogP contribution in [0.5, 0.6) is 0 Å². The Hall–Kier alpha value is -1.41. The molecule has 1 aromatic rings. The quantitative estimate of drug-likeness (QED) is 0.364. The lowest BCUT2D eigenvalue weighted by atomic mass is 10.0. The first-order valence-electron chi connectivity index (χ1n) is 7.80. The first kappa shape index (κ1) is 17.6. The van der Waals surface area contributed by atoms with Gasteiger partial charge < -0.3 is 4.74 Å². The van der Waals surface area contributed by atoms with Gasteiger partial charge >= 0.3 is 0 Å². The highest BCUT2D eigenvalue weighted by Crippen LogP contribution is 2.12. The molecule has 0 aliphatic rings. The Morgan fingerprint density at radius 1 is 1.19 bits per heavy atom. The Labute approximate surface area is 129 Å². The molecule has 1 rings (SSSR count). The lowest BCUT2D eigenvalue weighted by Crippen LogP contribution is -2.11. The number of rotatable bonds is 9. The van der Waals surface area contributed by atoms with Gasteiger partial charge in [-0.2, -0.15) is 0 Å². The number of carbonyl (C=O) groups excluding carboxylic acids is 1. The molecule has 2 heteroatoms. The molecule has 0 saturated carbocycles. The van der Waals surface area contributed by atoms with E-state index in [1.54, 1.807) is 0 Å². The zero-order chi connectivity index (χ0) is 15.7. The van der Waals surface area contributed by atoms with Crippen LogP contribution in [-0.4, -0.2) is 19.0 Å². The van der Waals surface area contributed by atoms with E-state index in [1.807, 2.05) is 31.2 Å². The fourth-order valence-electron chi connectivity index (χ4n) is 2.07. The van der Waals surface area contributed by atoms with Crippen LogP contribution in [0, 0.1) is 12.8 Å². The van der Waals surface area contributed by atoms with Crippen molar-refractivity contribution < 1.29 is 9.53 Å². The third-order valence-corrected chi connectivity index (χ3v) is 3.57.